The summed E-state index contributed by atoms with van der Waals surface area (Å²) < 4.78 is 0.986. The molecule has 1 amide bonds. The van der Waals surface area contributed by atoms with Crippen LogP contribution in [0.3, 0.4) is 0 Å². The Labute approximate surface area is 120 Å². The van der Waals surface area contributed by atoms with Crippen molar-refractivity contribution in [1.82, 2.24) is 10.3 Å². The molecule has 1 saturated heterocycles. The summed E-state index contributed by atoms with van der Waals surface area (Å²) in [6.45, 7) is 0.910. The summed E-state index contributed by atoms with van der Waals surface area (Å²) in [7, 11) is 0. The van der Waals surface area contributed by atoms with Crippen molar-refractivity contribution >= 4 is 44.2 Å². The average Bonchev–Trinajstić information content (AvgIpc) is 2.81. The normalized spacial score (nSPS) is 19.5. The van der Waals surface area contributed by atoms with Crippen LogP contribution in [0.2, 0.25) is 5.02 Å². The van der Waals surface area contributed by atoms with Gasteiger partial charge in [-0.05, 0) is 37.6 Å². The Hall–Kier alpha value is -1.17. The zero-order chi connectivity index (χ0) is 13.2. The first kappa shape index (κ1) is 12.8. The number of thiazole rings is 1. The number of carbonyl (C=O) groups is 1. The van der Waals surface area contributed by atoms with E-state index in [4.69, 9.17) is 11.6 Å². The molecule has 1 atom stereocenters. The summed E-state index contributed by atoms with van der Waals surface area (Å²) in [4.78, 5) is 16.5. The first-order valence-electron chi connectivity index (χ1n) is 6.33. The van der Waals surface area contributed by atoms with E-state index < -0.39 is 0 Å². The molecule has 1 aliphatic rings. The highest BCUT2D eigenvalue weighted by Crippen LogP contribution is 2.28. The molecular weight excluding hydrogens is 282 g/mol. The molecule has 2 heterocycles. The van der Waals surface area contributed by atoms with Crippen LogP contribution in [0.1, 0.15) is 19.3 Å². The molecule has 2 N–H and O–H groups in total. The summed E-state index contributed by atoms with van der Waals surface area (Å²) in [5.74, 6) is 0.00449. The van der Waals surface area contributed by atoms with Crippen molar-refractivity contribution in [2.75, 3.05) is 11.9 Å². The van der Waals surface area contributed by atoms with Crippen molar-refractivity contribution < 1.29 is 4.79 Å². The highest BCUT2D eigenvalue weighted by Gasteiger charge is 2.21. The fourth-order valence-corrected chi connectivity index (χ4v) is 3.36. The summed E-state index contributed by atoms with van der Waals surface area (Å²) in [5, 5.41) is 7.43. The lowest BCUT2D eigenvalue weighted by Gasteiger charge is -2.21. The Morgan fingerprint density at radius 1 is 1.47 bits per heavy atom. The molecule has 4 nitrogen and oxygen atoms in total. The van der Waals surface area contributed by atoms with E-state index in [9.17, 15) is 4.79 Å². The lowest BCUT2D eigenvalue weighted by atomic mass is 10.0. The van der Waals surface area contributed by atoms with Crippen LogP contribution in [0.25, 0.3) is 10.2 Å². The number of rotatable bonds is 2. The molecule has 1 fully saturated rings. The maximum atomic E-state index is 12.1. The number of piperidine rings is 1. The molecule has 1 aliphatic heterocycles. The van der Waals surface area contributed by atoms with Gasteiger partial charge in [-0.1, -0.05) is 29.4 Å². The second kappa shape index (κ2) is 5.45. The van der Waals surface area contributed by atoms with Crippen LogP contribution in [-0.2, 0) is 4.79 Å². The number of carbonyl (C=O) groups excluding carboxylic acids is 1. The number of halogens is 1. The van der Waals surface area contributed by atoms with Gasteiger partial charge in [-0.2, -0.15) is 0 Å². The minimum Gasteiger partial charge on any atom is -0.306 e. The van der Waals surface area contributed by atoms with E-state index in [1.807, 2.05) is 12.1 Å². The van der Waals surface area contributed by atoms with E-state index in [0.717, 1.165) is 36.0 Å². The van der Waals surface area contributed by atoms with Gasteiger partial charge in [0.25, 0.3) is 0 Å². The third-order valence-corrected chi connectivity index (χ3v) is 4.38. The predicted molar refractivity (Wildman–Crippen MR) is 78.9 cm³/mol. The van der Waals surface area contributed by atoms with Crippen molar-refractivity contribution in [3.05, 3.63) is 23.2 Å². The molecule has 19 heavy (non-hydrogen) atoms. The minimum atomic E-state index is -0.0932. The highest BCUT2D eigenvalue weighted by atomic mass is 35.5. The molecule has 6 heteroatoms. The second-order valence-electron chi connectivity index (χ2n) is 4.62. The Morgan fingerprint density at radius 3 is 3.16 bits per heavy atom. The predicted octanol–water partition coefficient (Wildman–Crippen LogP) is 3.03. The zero-order valence-corrected chi connectivity index (χ0v) is 11.9. The number of nitrogens with one attached hydrogen (secondary N) is 2. The van der Waals surface area contributed by atoms with Crippen LogP contribution in [0.15, 0.2) is 18.2 Å². The number of anilines is 1. The third-order valence-electron chi connectivity index (χ3n) is 3.21. The first-order valence-corrected chi connectivity index (χ1v) is 7.52. The van der Waals surface area contributed by atoms with E-state index >= 15 is 0 Å². The standard InChI is InChI=1S/C13H14ClN3OS/c14-8-4-5-9-11(7-8)19-13(16-9)17-12(18)10-3-1-2-6-15-10/h4-5,7,10,15H,1-3,6H2,(H,16,17,18)/t10-/m0/s1. The van der Waals surface area contributed by atoms with Gasteiger partial charge in [0.15, 0.2) is 5.13 Å². The fourth-order valence-electron chi connectivity index (χ4n) is 2.22. The molecule has 1 aromatic heterocycles. The van der Waals surface area contributed by atoms with Crippen LogP contribution in [0.5, 0.6) is 0 Å². The molecule has 0 saturated carbocycles. The van der Waals surface area contributed by atoms with Gasteiger partial charge in [0, 0.05) is 5.02 Å². The van der Waals surface area contributed by atoms with Gasteiger partial charge in [-0.3, -0.25) is 4.79 Å². The van der Waals surface area contributed by atoms with E-state index in [1.165, 1.54) is 11.3 Å². The molecule has 1 aromatic carbocycles. The molecule has 0 radical (unpaired) electrons. The van der Waals surface area contributed by atoms with Crippen LogP contribution >= 0.6 is 22.9 Å². The van der Waals surface area contributed by atoms with Gasteiger partial charge < -0.3 is 10.6 Å². The summed E-state index contributed by atoms with van der Waals surface area (Å²) in [6.07, 6.45) is 3.13. The van der Waals surface area contributed by atoms with E-state index in [1.54, 1.807) is 6.07 Å². The first-order chi connectivity index (χ1) is 9.22. The average molecular weight is 296 g/mol. The zero-order valence-electron chi connectivity index (χ0n) is 10.3. The summed E-state index contributed by atoms with van der Waals surface area (Å²) in [6, 6.07) is 5.44. The lowest BCUT2D eigenvalue weighted by Crippen LogP contribution is -2.43. The number of nitrogens with zero attached hydrogens (tertiary/aromatic N) is 1. The molecular formula is C13H14ClN3OS. The number of aromatic nitrogens is 1. The maximum absolute atomic E-state index is 12.1. The molecule has 100 valence electrons. The van der Waals surface area contributed by atoms with Gasteiger partial charge in [-0.25, -0.2) is 4.98 Å². The van der Waals surface area contributed by atoms with Gasteiger partial charge >= 0.3 is 0 Å². The van der Waals surface area contributed by atoms with Crippen LogP contribution in [0, 0.1) is 0 Å². The van der Waals surface area contributed by atoms with Gasteiger partial charge in [0.2, 0.25) is 5.91 Å². The SMILES string of the molecule is O=C(Nc1nc2ccc(Cl)cc2s1)[C@@H]1CCCCN1. The minimum absolute atomic E-state index is 0.00449. The van der Waals surface area contributed by atoms with Crippen molar-refractivity contribution in [3.8, 4) is 0 Å². The number of hydrogen-bond donors (Lipinski definition) is 2. The van der Waals surface area contributed by atoms with Gasteiger partial charge in [-0.15, -0.1) is 0 Å². The Bertz CT molecular complexity index is 607. The highest BCUT2D eigenvalue weighted by molar-refractivity contribution is 7.22. The van der Waals surface area contributed by atoms with Gasteiger partial charge in [0.1, 0.15) is 0 Å². The number of benzene rings is 1. The lowest BCUT2D eigenvalue weighted by molar-refractivity contribution is -0.118. The van der Waals surface area contributed by atoms with Crippen molar-refractivity contribution in [1.29, 1.82) is 0 Å². The Kier molecular flexibility index (Phi) is 3.68. The molecule has 0 bridgehead atoms. The largest absolute Gasteiger partial charge is 0.306 e. The van der Waals surface area contributed by atoms with Crippen molar-refractivity contribution in [2.24, 2.45) is 0 Å². The molecule has 0 aliphatic carbocycles. The van der Waals surface area contributed by atoms with Gasteiger partial charge in [0.05, 0.1) is 16.3 Å². The summed E-state index contributed by atoms with van der Waals surface area (Å²) in [5.41, 5.74) is 0.862. The Morgan fingerprint density at radius 2 is 2.37 bits per heavy atom. The topological polar surface area (TPSA) is 54.0 Å². The molecule has 0 spiro atoms. The monoisotopic (exact) mass is 295 g/mol. The number of hydrogen-bond acceptors (Lipinski definition) is 4. The van der Waals surface area contributed by atoms with E-state index in [0.29, 0.717) is 10.2 Å². The maximum Gasteiger partial charge on any atom is 0.243 e. The molecule has 3 rings (SSSR count). The molecule has 2 aromatic rings. The second-order valence-corrected chi connectivity index (χ2v) is 6.09. The number of amides is 1. The van der Waals surface area contributed by atoms with Crippen LogP contribution in [-0.4, -0.2) is 23.5 Å². The van der Waals surface area contributed by atoms with E-state index in [-0.39, 0.29) is 11.9 Å². The quantitative estimate of drug-likeness (QED) is 0.895. The fraction of sp³-hybridized carbons (Fsp3) is 0.385. The number of fused-ring (bicyclic) bond motifs is 1. The Balaban J connectivity index is 1.75. The summed E-state index contributed by atoms with van der Waals surface area (Å²) >= 11 is 7.39. The van der Waals surface area contributed by atoms with Crippen molar-refractivity contribution in [3.63, 3.8) is 0 Å². The van der Waals surface area contributed by atoms with Crippen molar-refractivity contribution in [2.45, 2.75) is 25.3 Å². The molecule has 0 unspecified atom stereocenters. The van der Waals surface area contributed by atoms with Crippen LogP contribution < -0.4 is 10.6 Å². The third kappa shape index (κ3) is 2.88. The van der Waals surface area contributed by atoms with Crippen LogP contribution in [0.4, 0.5) is 5.13 Å². The smallest absolute Gasteiger partial charge is 0.243 e. The van der Waals surface area contributed by atoms with E-state index in [2.05, 4.69) is 15.6 Å².